The Morgan fingerprint density at radius 1 is 1.47 bits per heavy atom. The number of aryl methyl sites for hydroxylation is 1. The van der Waals surface area contributed by atoms with Crippen LogP contribution in [-0.2, 0) is 7.05 Å². The van der Waals surface area contributed by atoms with Crippen molar-refractivity contribution in [2.24, 2.45) is 7.05 Å². The van der Waals surface area contributed by atoms with Crippen molar-refractivity contribution in [2.75, 3.05) is 25.0 Å². The zero-order chi connectivity index (χ0) is 12.0. The average molecular weight is 233 g/mol. The van der Waals surface area contributed by atoms with Crippen LogP contribution in [0.3, 0.4) is 0 Å². The third kappa shape index (κ3) is 1.54. The molecular formula is C12H15N3O2. The normalized spacial score (nSPS) is 16.1. The first-order chi connectivity index (χ1) is 8.16. The lowest BCUT2D eigenvalue weighted by Crippen LogP contribution is -2.56. The minimum Gasteiger partial charge on any atom is -0.408 e. The predicted molar refractivity (Wildman–Crippen MR) is 66.5 cm³/mol. The van der Waals surface area contributed by atoms with Gasteiger partial charge in [0.1, 0.15) is 0 Å². The summed E-state index contributed by atoms with van der Waals surface area (Å²) in [5.41, 5.74) is 2.59. The van der Waals surface area contributed by atoms with Gasteiger partial charge in [0.05, 0.1) is 11.6 Å². The number of benzene rings is 1. The molecule has 0 amide bonds. The summed E-state index contributed by atoms with van der Waals surface area (Å²) in [4.78, 5) is 13.6. The van der Waals surface area contributed by atoms with E-state index in [2.05, 4.69) is 17.3 Å². The van der Waals surface area contributed by atoms with Crippen LogP contribution >= 0.6 is 0 Å². The lowest BCUT2D eigenvalue weighted by molar-refractivity contribution is 0.429. The molecule has 2 aromatic rings. The van der Waals surface area contributed by atoms with Gasteiger partial charge in [-0.2, -0.15) is 0 Å². The van der Waals surface area contributed by atoms with Gasteiger partial charge in [-0.3, -0.25) is 4.57 Å². The van der Waals surface area contributed by atoms with Crippen molar-refractivity contribution in [3.8, 4) is 0 Å². The summed E-state index contributed by atoms with van der Waals surface area (Å²) in [7, 11) is 3.80. The monoisotopic (exact) mass is 233 g/mol. The molecule has 1 fully saturated rings. The van der Waals surface area contributed by atoms with Gasteiger partial charge < -0.3 is 14.6 Å². The highest BCUT2D eigenvalue weighted by Gasteiger charge is 2.22. The summed E-state index contributed by atoms with van der Waals surface area (Å²) in [5.74, 6) is -0.315. The maximum absolute atomic E-state index is 11.4. The van der Waals surface area contributed by atoms with Gasteiger partial charge in [0.25, 0.3) is 0 Å². The Bertz CT molecular complexity index is 610. The molecule has 1 aromatic carbocycles. The molecule has 5 nitrogen and oxygen atoms in total. The van der Waals surface area contributed by atoms with Crippen molar-refractivity contribution in [3.63, 3.8) is 0 Å². The summed E-state index contributed by atoms with van der Waals surface area (Å²) in [5, 5.41) is 3.25. The molecule has 0 unspecified atom stereocenters. The molecule has 1 N–H and O–H groups in total. The second kappa shape index (κ2) is 3.63. The van der Waals surface area contributed by atoms with Crippen molar-refractivity contribution in [3.05, 3.63) is 28.7 Å². The third-order valence-corrected chi connectivity index (χ3v) is 3.49. The SMILES string of the molecule is CN(c1ccc2oc(=O)n(C)c2c1)C1CNC1. The van der Waals surface area contributed by atoms with E-state index < -0.39 is 0 Å². The zero-order valence-electron chi connectivity index (χ0n) is 9.93. The van der Waals surface area contributed by atoms with Crippen molar-refractivity contribution in [2.45, 2.75) is 6.04 Å². The van der Waals surface area contributed by atoms with Gasteiger partial charge in [-0.1, -0.05) is 0 Å². The molecule has 0 bridgehead atoms. The number of rotatable bonds is 2. The Hall–Kier alpha value is -1.75. The number of nitrogens with zero attached hydrogens (tertiary/aromatic N) is 2. The van der Waals surface area contributed by atoms with Crippen LogP contribution in [-0.4, -0.2) is 30.7 Å². The average Bonchev–Trinajstić information content (AvgIpc) is 2.52. The molecule has 3 rings (SSSR count). The summed E-state index contributed by atoms with van der Waals surface area (Å²) in [6, 6.07) is 6.38. The van der Waals surface area contributed by atoms with E-state index in [0.717, 1.165) is 24.3 Å². The van der Waals surface area contributed by atoms with Crippen LogP contribution in [0.1, 0.15) is 0 Å². The Morgan fingerprint density at radius 3 is 2.88 bits per heavy atom. The number of anilines is 1. The highest BCUT2D eigenvalue weighted by molar-refractivity contribution is 5.78. The molecule has 90 valence electrons. The summed E-state index contributed by atoms with van der Waals surface area (Å²) >= 11 is 0. The van der Waals surface area contributed by atoms with Crippen molar-refractivity contribution in [1.82, 2.24) is 9.88 Å². The number of likely N-dealkylation sites (N-methyl/N-ethyl adjacent to an activating group) is 1. The zero-order valence-corrected chi connectivity index (χ0v) is 9.93. The molecule has 0 radical (unpaired) electrons. The number of hydrogen-bond acceptors (Lipinski definition) is 4. The molecule has 1 aliphatic rings. The van der Waals surface area contributed by atoms with E-state index in [4.69, 9.17) is 4.42 Å². The number of nitrogens with one attached hydrogen (secondary N) is 1. The fraction of sp³-hybridized carbons (Fsp3) is 0.417. The lowest BCUT2D eigenvalue weighted by atomic mass is 10.1. The number of oxazole rings is 1. The number of hydrogen-bond donors (Lipinski definition) is 1. The maximum Gasteiger partial charge on any atom is 0.419 e. The van der Waals surface area contributed by atoms with Crippen LogP contribution in [0.4, 0.5) is 5.69 Å². The smallest absolute Gasteiger partial charge is 0.408 e. The summed E-state index contributed by atoms with van der Waals surface area (Å²) in [6.07, 6.45) is 0. The van der Waals surface area contributed by atoms with Crippen LogP contribution in [0.2, 0.25) is 0 Å². The van der Waals surface area contributed by atoms with Gasteiger partial charge in [-0.05, 0) is 18.2 Å². The van der Waals surface area contributed by atoms with E-state index in [1.807, 2.05) is 18.2 Å². The molecular weight excluding hydrogens is 218 g/mol. The first-order valence-electron chi connectivity index (χ1n) is 5.70. The van der Waals surface area contributed by atoms with E-state index in [1.54, 1.807) is 7.05 Å². The van der Waals surface area contributed by atoms with Gasteiger partial charge >= 0.3 is 5.76 Å². The van der Waals surface area contributed by atoms with Crippen molar-refractivity contribution >= 4 is 16.8 Å². The van der Waals surface area contributed by atoms with E-state index in [0.29, 0.717) is 11.6 Å². The fourth-order valence-electron chi connectivity index (χ4n) is 2.09. The van der Waals surface area contributed by atoms with E-state index in [-0.39, 0.29) is 5.76 Å². The standard InChI is InChI=1S/C12H15N3O2/c1-14(9-6-13-7-9)8-3-4-11-10(5-8)15(2)12(16)17-11/h3-5,9,13H,6-7H2,1-2H3. The first-order valence-corrected chi connectivity index (χ1v) is 5.70. The Balaban J connectivity index is 2.05. The van der Waals surface area contributed by atoms with Crippen LogP contribution < -0.4 is 16.0 Å². The summed E-state index contributed by atoms with van der Waals surface area (Å²) < 4.78 is 6.64. The fourth-order valence-corrected chi connectivity index (χ4v) is 2.09. The van der Waals surface area contributed by atoms with Crippen LogP contribution in [0.25, 0.3) is 11.1 Å². The lowest BCUT2D eigenvalue weighted by Gasteiger charge is -2.37. The number of fused-ring (bicyclic) bond motifs is 1. The van der Waals surface area contributed by atoms with Gasteiger partial charge in [-0.25, -0.2) is 4.79 Å². The summed E-state index contributed by atoms with van der Waals surface area (Å²) in [6.45, 7) is 2.03. The topological polar surface area (TPSA) is 50.4 Å². The van der Waals surface area contributed by atoms with E-state index in [9.17, 15) is 4.79 Å². The van der Waals surface area contributed by atoms with Gasteiger partial charge in [0, 0.05) is 32.9 Å². The molecule has 17 heavy (non-hydrogen) atoms. The first kappa shape index (κ1) is 10.4. The van der Waals surface area contributed by atoms with E-state index in [1.165, 1.54) is 4.57 Å². The maximum atomic E-state index is 11.4. The molecule has 1 aromatic heterocycles. The second-order valence-electron chi connectivity index (χ2n) is 4.50. The van der Waals surface area contributed by atoms with Crippen LogP contribution in [0.15, 0.2) is 27.4 Å². The Labute approximate surface area is 98.6 Å². The molecule has 1 aliphatic heterocycles. The molecule has 0 spiro atoms. The van der Waals surface area contributed by atoms with Crippen molar-refractivity contribution < 1.29 is 4.42 Å². The van der Waals surface area contributed by atoms with Gasteiger partial charge in [-0.15, -0.1) is 0 Å². The largest absolute Gasteiger partial charge is 0.419 e. The molecule has 0 aliphatic carbocycles. The van der Waals surface area contributed by atoms with Gasteiger partial charge in [0.15, 0.2) is 5.58 Å². The minimum atomic E-state index is -0.315. The third-order valence-electron chi connectivity index (χ3n) is 3.49. The highest BCUT2D eigenvalue weighted by Crippen LogP contribution is 2.22. The van der Waals surface area contributed by atoms with Crippen molar-refractivity contribution in [1.29, 1.82) is 0 Å². The Kier molecular flexibility index (Phi) is 2.22. The quantitative estimate of drug-likeness (QED) is 0.822. The van der Waals surface area contributed by atoms with E-state index >= 15 is 0 Å². The Morgan fingerprint density at radius 2 is 2.24 bits per heavy atom. The minimum absolute atomic E-state index is 0.315. The molecule has 2 heterocycles. The number of aromatic nitrogens is 1. The molecule has 0 atom stereocenters. The second-order valence-corrected chi connectivity index (χ2v) is 4.50. The van der Waals surface area contributed by atoms with Crippen LogP contribution in [0.5, 0.6) is 0 Å². The molecule has 0 saturated carbocycles. The van der Waals surface area contributed by atoms with Gasteiger partial charge in [0.2, 0.25) is 0 Å². The van der Waals surface area contributed by atoms with Crippen LogP contribution in [0, 0.1) is 0 Å². The molecule has 1 saturated heterocycles. The molecule has 5 heteroatoms. The highest BCUT2D eigenvalue weighted by atomic mass is 16.4. The predicted octanol–water partition coefficient (Wildman–Crippen LogP) is 0.539.